The van der Waals surface area contributed by atoms with E-state index >= 15 is 0 Å². The summed E-state index contributed by atoms with van der Waals surface area (Å²) in [7, 11) is 0. The summed E-state index contributed by atoms with van der Waals surface area (Å²) in [5.74, 6) is 0.0661. The number of hydrogen-bond acceptors (Lipinski definition) is 3. The summed E-state index contributed by atoms with van der Waals surface area (Å²) in [6, 6.07) is 10.5. The first-order valence-electron chi connectivity index (χ1n) is 8.34. The van der Waals surface area contributed by atoms with Crippen LogP contribution in [-0.4, -0.2) is 18.4 Å². The van der Waals surface area contributed by atoms with E-state index in [0.29, 0.717) is 35.0 Å². The number of nitrogens with two attached hydrogens (primary N) is 1. The molecule has 0 radical (unpaired) electrons. The molecule has 2 amide bonds. The molecule has 0 heterocycles. The molecule has 2 aromatic rings. The molecule has 0 atom stereocenters. The van der Waals surface area contributed by atoms with Crippen molar-refractivity contribution < 1.29 is 9.59 Å². The second-order valence-electron chi connectivity index (χ2n) is 6.66. The Bertz CT molecular complexity index is 804. The number of anilines is 2. The van der Waals surface area contributed by atoms with E-state index in [1.807, 2.05) is 33.8 Å². The van der Waals surface area contributed by atoms with E-state index < -0.39 is 0 Å². The van der Waals surface area contributed by atoms with Crippen molar-refractivity contribution >= 4 is 35.6 Å². The van der Waals surface area contributed by atoms with Gasteiger partial charge in [0.25, 0.3) is 11.8 Å². The predicted octanol–water partition coefficient (Wildman–Crippen LogP) is 3.95. The Morgan fingerprint density at radius 3 is 2.31 bits per heavy atom. The first kappa shape index (κ1) is 21.5. The van der Waals surface area contributed by atoms with Gasteiger partial charge in [0.1, 0.15) is 0 Å². The molecule has 0 aliphatic heterocycles. The first-order chi connectivity index (χ1) is 11.8. The van der Waals surface area contributed by atoms with Gasteiger partial charge in [0.2, 0.25) is 0 Å². The molecule has 0 aliphatic carbocycles. The van der Waals surface area contributed by atoms with Crippen LogP contribution in [-0.2, 0) is 0 Å². The van der Waals surface area contributed by atoms with Gasteiger partial charge in [-0.25, -0.2) is 0 Å². The Labute approximate surface area is 160 Å². The first-order valence-corrected chi connectivity index (χ1v) is 8.34. The molecule has 0 aromatic heterocycles. The van der Waals surface area contributed by atoms with E-state index in [1.165, 1.54) is 0 Å². The van der Waals surface area contributed by atoms with E-state index in [1.54, 1.807) is 30.3 Å². The van der Waals surface area contributed by atoms with Crippen LogP contribution in [0, 0.1) is 19.8 Å². The predicted molar refractivity (Wildman–Crippen MR) is 109 cm³/mol. The van der Waals surface area contributed by atoms with Crippen LogP contribution in [0.4, 0.5) is 11.4 Å². The highest BCUT2D eigenvalue weighted by atomic mass is 35.5. The Morgan fingerprint density at radius 1 is 1.00 bits per heavy atom. The zero-order chi connectivity index (χ0) is 18.6. The summed E-state index contributed by atoms with van der Waals surface area (Å²) in [6.07, 6.45) is 0. The lowest BCUT2D eigenvalue weighted by Crippen LogP contribution is -2.27. The van der Waals surface area contributed by atoms with Crippen molar-refractivity contribution in [3.05, 3.63) is 58.7 Å². The van der Waals surface area contributed by atoms with Crippen molar-refractivity contribution in [2.24, 2.45) is 5.92 Å². The van der Waals surface area contributed by atoms with E-state index in [9.17, 15) is 9.59 Å². The van der Waals surface area contributed by atoms with Crippen LogP contribution in [0.5, 0.6) is 0 Å². The Kier molecular flexibility index (Phi) is 7.65. The van der Waals surface area contributed by atoms with Crippen LogP contribution >= 0.6 is 12.4 Å². The maximum absolute atomic E-state index is 12.5. The molecule has 2 aromatic carbocycles. The molecule has 0 saturated heterocycles. The van der Waals surface area contributed by atoms with Crippen LogP contribution in [0.25, 0.3) is 0 Å². The Balaban J connectivity index is 0.00000338. The van der Waals surface area contributed by atoms with Gasteiger partial charge >= 0.3 is 0 Å². The number of carbonyl (C=O) groups is 2. The molecular weight excluding hydrogens is 350 g/mol. The maximum Gasteiger partial charge on any atom is 0.256 e. The average Bonchev–Trinajstić information content (AvgIpc) is 2.56. The van der Waals surface area contributed by atoms with Gasteiger partial charge in [0, 0.05) is 29.0 Å². The molecule has 0 fully saturated rings. The van der Waals surface area contributed by atoms with Gasteiger partial charge in [0.15, 0.2) is 0 Å². The Morgan fingerprint density at radius 2 is 1.69 bits per heavy atom. The molecule has 0 aliphatic rings. The molecular formula is C20H26ClN3O2. The summed E-state index contributed by atoms with van der Waals surface area (Å²) in [5.41, 5.74) is 9.79. The lowest BCUT2D eigenvalue weighted by Gasteiger charge is -2.12. The summed E-state index contributed by atoms with van der Waals surface area (Å²) >= 11 is 0. The fraction of sp³-hybridized carbons (Fsp3) is 0.300. The molecule has 2 rings (SSSR count). The molecule has 140 valence electrons. The molecule has 0 unspecified atom stereocenters. The summed E-state index contributed by atoms with van der Waals surface area (Å²) < 4.78 is 0. The van der Waals surface area contributed by atoms with E-state index in [4.69, 9.17) is 5.73 Å². The van der Waals surface area contributed by atoms with Crippen molar-refractivity contribution in [2.75, 3.05) is 17.6 Å². The highest BCUT2D eigenvalue weighted by molar-refractivity contribution is 6.06. The monoisotopic (exact) mass is 375 g/mol. The largest absolute Gasteiger partial charge is 0.399 e. The van der Waals surface area contributed by atoms with Gasteiger partial charge in [-0.3, -0.25) is 9.59 Å². The molecule has 26 heavy (non-hydrogen) atoms. The van der Waals surface area contributed by atoms with Crippen LogP contribution in [0.15, 0.2) is 36.4 Å². The normalized spacial score (nSPS) is 10.2. The quantitative estimate of drug-likeness (QED) is 0.692. The van der Waals surface area contributed by atoms with Crippen molar-refractivity contribution in [2.45, 2.75) is 27.7 Å². The summed E-state index contributed by atoms with van der Waals surface area (Å²) in [5, 5.41) is 5.77. The minimum atomic E-state index is -0.218. The van der Waals surface area contributed by atoms with Crippen molar-refractivity contribution in [1.29, 1.82) is 0 Å². The SMILES string of the molecule is Cc1cc(C(=O)NCC(C)C)ccc1NC(=O)c1cc(N)ccc1C.Cl. The van der Waals surface area contributed by atoms with E-state index in [-0.39, 0.29) is 24.2 Å². The van der Waals surface area contributed by atoms with Gasteiger partial charge in [-0.1, -0.05) is 19.9 Å². The minimum Gasteiger partial charge on any atom is -0.399 e. The average molecular weight is 376 g/mol. The van der Waals surface area contributed by atoms with Gasteiger partial charge in [0.05, 0.1) is 0 Å². The number of amides is 2. The highest BCUT2D eigenvalue weighted by Gasteiger charge is 2.13. The molecule has 0 saturated carbocycles. The number of rotatable bonds is 5. The van der Waals surface area contributed by atoms with E-state index in [0.717, 1.165) is 11.1 Å². The third-order valence-electron chi connectivity index (χ3n) is 3.91. The number of nitrogens with one attached hydrogen (secondary N) is 2. The maximum atomic E-state index is 12.5. The lowest BCUT2D eigenvalue weighted by molar-refractivity contribution is 0.0948. The van der Waals surface area contributed by atoms with Crippen molar-refractivity contribution in [1.82, 2.24) is 5.32 Å². The second kappa shape index (κ2) is 9.25. The number of benzene rings is 2. The number of hydrogen-bond donors (Lipinski definition) is 3. The zero-order valence-electron chi connectivity index (χ0n) is 15.6. The summed E-state index contributed by atoms with van der Waals surface area (Å²) in [6.45, 7) is 8.44. The van der Waals surface area contributed by atoms with Gasteiger partial charge in [-0.05, 0) is 61.2 Å². The molecule has 6 heteroatoms. The van der Waals surface area contributed by atoms with Crippen LogP contribution in [0.1, 0.15) is 45.7 Å². The molecule has 4 N–H and O–H groups in total. The zero-order valence-corrected chi connectivity index (χ0v) is 16.4. The van der Waals surface area contributed by atoms with Crippen molar-refractivity contribution in [3.63, 3.8) is 0 Å². The molecule has 0 bridgehead atoms. The van der Waals surface area contributed by atoms with E-state index in [2.05, 4.69) is 10.6 Å². The van der Waals surface area contributed by atoms with Gasteiger partial charge in [-0.15, -0.1) is 12.4 Å². The molecule has 5 nitrogen and oxygen atoms in total. The lowest BCUT2D eigenvalue weighted by atomic mass is 10.1. The van der Waals surface area contributed by atoms with Crippen LogP contribution in [0.2, 0.25) is 0 Å². The second-order valence-corrected chi connectivity index (χ2v) is 6.66. The number of carbonyl (C=O) groups excluding carboxylic acids is 2. The third-order valence-corrected chi connectivity index (χ3v) is 3.91. The molecule has 0 spiro atoms. The smallest absolute Gasteiger partial charge is 0.256 e. The topological polar surface area (TPSA) is 84.2 Å². The third kappa shape index (κ3) is 5.49. The van der Waals surface area contributed by atoms with Crippen LogP contribution in [0.3, 0.4) is 0 Å². The fourth-order valence-electron chi connectivity index (χ4n) is 2.42. The highest BCUT2D eigenvalue weighted by Crippen LogP contribution is 2.19. The minimum absolute atomic E-state index is 0. The summed E-state index contributed by atoms with van der Waals surface area (Å²) in [4.78, 5) is 24.6. The standard InChI is InChI=1S/C20H25N3O2.ClH/c1-12(2)11-22-19(24)15-6-8-18(14(4)9-15)23-20(25)17-10-16(21)7-5-13(17)3;/h5-10,12H,11,21H2,1-4H3,(H,22,24)(H,23,25);1H. The van der Waals surface area contributed by atoms with Gasteiger partial charge in [-0.2, -0.15) is 0 Å². The fourth-order valence-corrected chi connectivity index (χ4v) is 2.42. The number of halogens is 1. The van der Waals surface area contributed by atoms with Crippen molar-refractivity contribution in [3.8, 4) is 0 Å². The number of aryl methyl sites for hydroxylation is 2. The Hall–Kier alpha value is -2.53. The number of nitrogen functional groups attached to an aromatic ring is 1. The van der Waals surface area contributed by atoms with Gasteiger partial charge < -0.3 is 16.4 Å². The van der Waals surface area contributed by atoms with Crippen LogP contribution < -0.4 is 16.4 Å².